The monoisotopic (exact) mass is 342 g/mol. The maximum Gasteiger partial charge on any atom is 0.524 e. The predicted molar refractivity (Wildman–Crippen MR) is 75.1 cm³/mol. The molecule has 0 aliphatic rings. The number of phosphoric ester groups is 1. The second-order valence-electron chi connectivity index (χ2n) is 3.77. The summed E-state index contributed by atoms with van der Waals surface area (Å²) in [6, 6.07) is 9.05. The molecule has 4 N–H and O–H groups in total. The van der Waals surface area contributed by atoms with Crippen LogP contribution in [0.1, 0.15) is 21.1 Å². The standard InChI is InChI=1S/C6H4N2O4.C6H7O4P/c9-5(10)3-1-2-7-4(8-3)6(11)12;7-11(8,9)10-6-4-2-1-3-5-6/h1-2H,(H,9,10)(H,11,12);1-5H,(H2,7,8,9). The van der Waals surface area contributed by atoms with E-state index in [0.29, 0.717) is 0 Å². The Balaban J connectivity index is 0.000000231. The van der Waals surface area contributed by atoms with Crippen molar-refractivity contribution in [2.24, 2.45) is 0 Å². The lowest BCUT2D eigenvalue weighted by atomic mass is 10.3. The van der Waals surface area contributed by atoms with Crippen LogP contribution in [0.25, 0.3) is 0 Å². The zero-order valence-electron chi connectivity index (χ0n) is 11.3. The second-order valence-corrected chi connectivity index (χ2v) is 4.93. The Bertz CT molecular complexity index is 702. The molecule has 0 radical (unpaired) electrons. The zero-order chi connectivity index (χ0) is 17.5. The Morgan fingerprint density at radius 2 is 1.61 bits per heavy atom. The van der Waals surface area contributed by atoms with Crippen molar-refractivity contribution in [3.8, 4) is 5.75 Å². The molecule has 0 spiro atoms. The van der Waals surface area contributed by atoms with Crippen molar-refractivity contribution >= 4 is 19.8 Å². The van der Waals surface area contributed by atoms with E-state index in [0.717, 1.165) is 12.3 Å². The Kier molecular flexibility index (Phi) is 6.34. The maximum absolute atomic E-state index is 10.3. The van der Waals surface area contributed by atoms with Gasteiger partial charge >= 0.3 is 19.8 Å². The fourth-order valence-electron chi connectivity index (χ4n) is 1.20. The number of carbonyl (C=O) groups is 2. The van der Waals surface area contributed by atoms with Crippen LogP contribution in [0.2, 0.25) is 0 Å². The molecule has 0 bridgehead atoms. The highest BCUT2D eigenvalue weighted by molar-refractivity contribution is 7.46. The first kappa shape index (κ1) is 18.2. The van der Waals surface area contributed by atoms with Gasteiger partial charge in [0.25, 0.3) is 0 Å². The topological polar surface area (TPSA) is 167 Å². The molecular formula is C12H11N2O8P. The molecule has 0 saturated heterocycles. The van der Waals surface area contributed by atoms with Crippen LogP contribution in [0, 0.1) is 0 Å². The molecule has 23 heavy (non-hydrogen) atoms. The molecule has 0 fully saturated rings. The summed E-state index contributed by atoms with van der Waals surface area (Å²) in [5.41, 5.74) is -0.331. The Morgan fingerprint density at radius 3 is 2.09 bits per heavy atom. The number of carboxylic acids is 2. The van der Waals surface area contributed by atoms with Crippen LogP contribution in [0.5, 0.6) is 5.75 Å². The molecule has 0 amide bonds. The second kappa shape index (κ2) is 7.99. The summed E-state index contributed by atoms with van der Waals surface area (Å²) >= 11 is 0. The molecule has 0 aliphatic heterocycles. The van der Waals surface area contributed by atoms with Gasteiger partial charge in [0.2, 0.25) is 5.82 Å². The van der Waals surface area contributed by atoms with Gasteiger partial charge in [-0.1, -0.05) is 18.2 Å². The lowest BCUT2D eigenvalue weighted by molar-refractivity contribution is 0.0679. The molecule has 0 aliphatic carbocycles. The van der Waals surface area contributed by atoms with Crippen LogP contribution >= 0.6 is 7.82 Å². The number of aromatic carboxylic acids is 2. The van der Waals surface area contributed by atoms with Crippen molar-refractivity contribution < 1.29 is 38.7 Å². The van der Waals surface area contributed by atoms with Crippen molar-refractivity contribution in [3.05, 3.63) is 54.1 Å². The van der Waals surface area contributed by atoms with Crippen LogP contribution in [0.3, 0.4) is 0 Å². The van der Waals surface area contributed by atoms with E-state index in [1.807, 2.05) is 0 Å². The summed E-state index contributed by atoms with van der Waals surface area (Å²) in [4.78, 5) is 43.9. The number of rotatable bonds is 4. The van der Waals surface area contributed by atoms with E-state index in [4.69, 9.17) is 20.0 Å². The third-order valence-corrected chi connectivity index (χ3v) is 2.48. The summed E-state index contributed by atoms with van der Waals surface area (Å²) < 4.78 is 14.5. The van der Waals surface area contributed by atoms with E-state index in [2.05, 4.69) is 14.5 Å². The fourth-order valence-corrected chi connectivity index (χ4v) is 1.60. The van der Waals surface area contributed by atoms with Crippen molar-refractivity contribution in [3.63, 3.8) is 0 Å². The first-order valence-electron chi connectivity index (χ1n) is 5.79. The van der Waals surface area contributed by atoms with Crippen LogP contribution in [0.15, 0.2) is 42.6 Å². The van der Waals surface area contributed by atoms with Crippen LogP contribution in [0.4, 0.5) is 0 Å². The molecule has 1 aromatic heterocycles. The van der Waals surface area contributed by atoms with Crippen LogP contribution in [-0.2, 0) is 4.57 Å². The minimum atomic E-state index is -4.39. The summed E-state index contributed by atoms with van der Waals surface area (Å²) in [5, 5.41) is 16.8. The van der Waals surface area contributed by atoms with E-state index in [9.17, 15) is 14.2 Å². The molecule has 122 valence electrons. The Morgan fingerprint density at radius 1 is 1.00 bits per heavy atom. The van der Waals surface area contributed by atoms with E-state index < -0.39 is 25.6 Å². The van der Waals surface area contributed by atoms with E-state index in [-0.39, 0.29) is 11.4 Å². The number of hydrogen-bond acceptors (Lipinski definition) is 6. The van der Waals surface area contributed by atoms with Crippen molar-refractivity contribution in [1.29, 1.82) is 0 Å². The maximum atomic E-state index is 10.3. The van der Waals surface area contributed by atoms with Gasteiger partial charge in [0.15, 0.2) is 5.69 Å². The zero-order valence-corrected chi connectivity index (χ0v) is 12.2. The molecule has 2 aromatic rings. The van der Waals surface area contributed by atoms with Gasteiger partial charge in [-0.15, -0.1) is 0 Å². The largest absolute Gasteiger partial charge is 0.524 e. The smallest absolute Gasteiger partial charge is 0.477 e. The molecule has 1 aromatic carbocycles. The normalized spacial score (nSPS) is 10.2. The lowest BCUT2D eigenvalue weighted by Crippen LogP contribution is -2.08. The number of aromatic nitrogens is 2. The van der Waals surface area contributed by atoms with Gasteiger partial charge in [-0.25, -0.2) is 24.1 Å². The van der Waals surface area contributed by atoms with Crippen molar-refractivity contribution in [2.75, 3.05) is 0 Å². The Labute approximate surface area is 129 Å². The number of hydrogen-bond donors (Lipinski definition) is 4. The van der Waals surface area contributed by atoms with E-state index >= 15 is 0 Å². The third-order valence-electron chi connectivity index (χ3n) is 2.03. The van der Waals surface area contributed by atoms with Crippen LogP contribution in [-0.4, -0.2) is 41.9 Å². The number of benzene rings is 1. The first-order chi connectivity index (χ1) is 10.7. The highest BCUT2D eigenvalue weighted by Crippen LogP contribution is 2.36. The number of carboxylic acid groups (broad SMARTS) is 2. The molecule has 0 unspecified atom stereocenters. The summed E-state index contributed by atoms with van der Waals surface area (Å²) in [7, 11) is -4.39. The number of phosphoric acid groups is 1. The minimum Gasteiger partial charge on any atom is -0.477 e. The highest BCUT2D eigenvalue weighted by Gasteiger charge is 2.14. The number of nitrogens with zero attached hydrogens (tertiary/aromatic N) is 2. The Hall–Kier alpha value is -2.81. The van der Waals surface area contributed by atoms with E-state index in [1.165, 1.54) is 12.1 Å². The molecule has 1 heterocycles. The van der Waals surface area contributed by atoms with Gasteiger partial charge in [0, 0.05) is 6.20 Å². The van der Waals surface area contributed by atoms with Gasteiger partial charge in [0.1, 0.15) is 5.75 Å². The van der Waals surface area contributed by atoms with Gasteiger partial charge < -0.3 is 14.7 Å². The highest BCUT2D eigenvalue weighted by atomic mass is 31.2. The average Bonchev–Trinajstić information content (AvgIpc) is 2.47. The number of para-hydroxylation sites is 1. The molecular weight excluding hydrogens is 331 g/mol. The molecule has 0 saturated carbocycles. The minimum absolute atomic E-state index is 0.167. The summed E-state index contributed by atoms with van der Waals surface area (Å²) in [5.74, 6) is -2.98. The quantitative estimate of drug-likeness (QED) is 0.589. The molecule has 0 atom stereocenters. The van der Waals surface area contributed by atoms with Crippen LogP contribution < -0.4 is 4.52 Å². The third kappa shape index (κ3) is 7.14. The van der Waals surface area contributed by atoms with Crippen molar-refractivity contribution in [1.82, 2.24) is 9.97 Å². The lowest BCUT2D eigenvalue weighted by Gasteiger charge is -2.04. The average molecular weight is 342 g/mol. The predicted octanol–water partition coefficient (Wildman–Crippen LogP) is 1.03. The van der Waals surface area contributed by atoms with Gasteiger partial charge in [-0.05, 0) is 18.2 Å². The molecule has 2 rings (SSSR count). The summed E-state index contributed by atoms with van der Waals surface area (Å²) in [6.45, 7) is 0. The van der Waals surface area contributed by atoms with Gasteiger partial charge in [-0.2, -0.15) is 0 Å². The SMILES string of the molecule is O=C(O)c1ccnc(C(=O)O)n1.O=P(O)(O)Oc1ccccc1. The molecule has 11 heteroatoms. The van der Waals surface area contributed by atoms with E-state index in [1.54, 1.807) is 18.2 Å². The van der Waals surface area contributed by atoms with Crippen molar-refractivity contribution in [2.45, 2.75) is 0 Å². The summed E-state index contributed by atoms with van der Waals surface area (Å²) in [6.07, 6.45) is 1.08. The van der Waals surface area contributed by atoms with Gasteiger partial charge in [0.05, 0.1) is 0 Å². The molecule has 10 nitrogen and oxygen atoms in total. The first-order valence-corrected chi connectivity index (χ1v) is 7.32. The van der Waals surface area contributed by atoms with Gasteiger partial charge in [-0.3, -0.25) is 9.79 Å². The fraction of sp³-hybridized carbons (Fsp3) is 0.